The Hall–Kier alpha value is -0.910. The SMILES string of the molecule is CCNC(=NCC1CCN(S(C)(=O)=O)CC1)NC1CCN(C(C)c2ccccc2)CC1.I. The van der Waals surface area contributed by atoms with Crippen LogP contribution in [0.5, 0.6) is 0 Å². The number of halogens is 1. The lowest BCUT2D eigenvalue weighted by Gasteiger charge is -2.37. The van der Waals surface area contributed by atoms with Gasteiger partial charge in [0, 0.05) is 51.4 Å². The molecule has 0 amide bonds. The summed E-state index contributed by atoms with van der Waals surface area (Å²) < 4.78 is 25.0. The summed E-state index contributed by atoms with van der Waals surface area (Å²) in [5, 5.41) is 7.02. The minimum atomic E-state index is -3.07. The van der Waals surface area contributed by atoms with E-state index in [1.54, 1.807) is 4.31 Å². The first-order valence-electron chi connectivity index (χ1n) is 11.7. The first-order chi connectivity index (χ1) is 14.9. The molecule has 0 aliphatic carbocycles. The molecule has 2 aliphatic rings. The van der Waals surface area contributed by atoms with Crippen LogP contribution in [0.2, 0.25) is 0 Å². The number of aliphatic imine (C=N–C) groups is 1. The summed E-state index contributed by atoms with van der Waals surface area (Å²) in [6, 6.07) is 11.6. The minimum Gasteiger partial charge on any atom is -0.357 e. The molecule has 2 N–H and O–H groups in total. The molecular weight excluding hydrogens is 537 g/mol. The van der Waals surface area contributed by atoms with Gasteiger partial charge in [0.2, 0.25) is 10.0 Å². The van der Waals surface area contributed by atoms with Crippen LogP contribution < -0.4 is 10.6 Å². The molecule has 1 unspecified atom stereocenters. The van der Waals surface area contributed by atoms with Gasteiger partial charge < -0.3 is 10.6 Å². The van der Waals surface area contributed by atoms with Crippen LogP contribution >= 0.6 is 24.0 Å². The van der Waals surface area contributed by atoms with Crippen molar-refractivity contribution in [3.05, 3.63) is 35.9 Å². The van der Waals surface area contributed by atoms with Crippen molar-refractivity contribution in [2.75, 3.05) is 45.5 Å². The van der Waals surface area contributed by atoms with Gasteiger partial charge >= 0.3 is 0 Å². The molecule has 2 fully saturated rings. The molecule has 0 saturated carbocycles. The summed E-state index contributed by atoms with van der Waals surface area (Å²) in [7, 11) is -3.07. The molecule has 9 heteroatoms. The highest BCUT2D eigenvalue weighted by Crippen LogP contribution is 2.24. The van der Waals surface area contributed by atoms with Gasteiger partial charge in [0.1, 0.15) is 0 Å². The molecule has 7 nitrogen and oxygen atoms in total. The highest BCUT2D eigenvalue weighted by atomic mass is 127. The van der Waals surface area contributed by atoms with E-state index in [-0.39, 0.29) is 24.0 Å². The van der Waals surface area contributed by atoms with Gasteiger partial charge in [0.05, 0.1) is 6.26 Å². The Balaban J connectivity index is 0.00000363. The zero-order valence-electron chi connectivity index (χ0n) is 19.7. The van der Waals surface area contributed by atoms with E-state index in [2.05, 4.69) is 59.7 Å². The van der Waals surface area contributed by atoms with Crippen molar-refractivity contribution in [1.82, 2.24) is 19.8 Å². The Morgan fingerprint density at radius 1 is 1.09 bits per heavy atom. The number of piperidine rings is 2. The fraction of sp³-hybridized carbons (Fsp3) is 0.696. The number of likely N-dealkylation sites (tertiary alicyclic amines) is 1. The number of nitrogens with zero attached hydrogens (tertiary/aromatic N) is 3. The molecule has 2 heterocycles. The average molecular weight is 578 g/mol. The predicted octanol–water partition coefficient (Wildman–Crippen LogP) is 3.06. The van der Waals surface area contributed by atoms with Crippen molar-refractivity contribution < 1.29 is 8.42 Å². The van der Waals surface area contributed by atoms with E-state index in [9.17, 15) is 8.42 Å². The Morgan fingerprint density at radius 3 is 2.28 bits per heavy atom. The van der Waals surface area contributed by atoms with Crippen molar-refractivity contribution in [1.29, 1.82) is 0 Å². The van der Waals surface area contributed by atoms with E-state index in [0.717, 1.165) is 57.8 Å². The zero-order chi connectivity index (χ0) is 22.3. The number of nitrogens with one attached hydrogen (secondary N) is 2. The van der Waals surface area contributed by atoms with Gasteiger partial charge in [0.25, 0.3) is 0 Å². The predicted molar refractivity (Wildman–Crippen MR) is 143 cm³/mol. The van der Waals surface area contributed by atoms with Gasteiger partial charge in [-0.2, -0.15) is 0 Å². The van der Waals surface area contributed by atoms with Crippen molar-refractivity contribution in [2.45, 2.75) is 51.6 Å². The van der Waals surface area contributed by atoms with Crippen molar-refractivity contribution >= 4 is 40.0 Å². The number of hydrogen-bond donors (Lipinski definition) is 2. The van der Waals surface area contributed by atoms with Crippen LogP contribution in [0.1, 0.15) is 51.1 Å². The molecule has 182 valence electrons. The monoisotopic (exact) mass is 577 g/mol. The van der Waals surface area contributed by atoms with Crippen LogP contribution in [-0.4, -0.2) is 75.1 Å². The van der Waals surface area contributed by atoms with E-state index in [0.29, 0.717) is 31.1 Å². The van der Waals surface area contributed by atoms with Crippen molar-refractivity contribution in [3.8, 4) is 0 Å². The number of sulfonamides is 1. The van der Waals surface area contributed by atoms with Crippen molar-refractivity contribution in [2.24, 2.45) is 10.9 Å². The normalized spacial score (nSPS) is 21.0. The second-order valence-electron chi connectivity index (χ2n) is 8.87. The Morgan fingerprint density at radius 2 is 1.72 bits per heavy atom. The topological polar surface area (TPSA) is 77.0 Å². The largest absolute Gasteiger partial charge is 0.357 e. The minimum absolute atomic E-state index is 0. The maximum atomic E-state index is 11.7. The molecule has 2 saturated heterocycles. The lowest BCUT2D eigenvalue weighted by Crippen LogP contribution is -2.49. The number of guanidine groups is 1. The van der Waals surface area contributed by atoms with Gasteiger partial charge in [-0.25, -0.2) is 12.7 Å². The summed E-state index contributed by atoms with van der Waals surface area (Å²) in [6.07, 6.45) is 5.27. The fourth-order valence-electron chi connectivity index (χ4n) is 4.53. The third-order valence-electron chi connectivity index (χ3n) is 6.59. The third kappa shape index (κ3) is 8.14. The maximum absolute atomic E-state index is 11.7. The first kappa shape index (κ1) is 27.3. The van der Waals surface area contributed by atoms with Crippen LogP contribution in [0.25, 0.3) is 0 Å². The van der Waals surface area contributed by atoms with E-state index in [1.807, 2.05) is 0 Å². The summed E-state index contributed by atoms with van der Waals surface area (Å²) >= 11 is 0. The van der Waals surface area contributed by atoms with E-state index >= 15 is 0 Å². The van der Waals surface area contributed by atoms with E-state index in [1.165, 1.54) is 11.8 Å². The maximum Gasteiger partial charge on any atom is 0.211 e. The summed E-state index contributed by atoms with van der Waals surface area (Å²) in [6.45, 7) is 9.35. The summed E-state index contributed by atoms with van der Waals surface area (Å²) in [4.78, 5) is 7.40. The summed E-state index contributed by atoms with van der Waals surface area (Å²) in [5.41, 5.74) is 1.38. The lowest BCUT2D eigenvalue weighted by atomic mass is 9.98. The van der Waals surface area contributed by atoms with Gasteiger partial charge in [0.15, 0.2) is 5.96 Å². The Bertz CT molecular complexity index is 805. The van der Waals surface area contributed by atoms with Crippen LogP contribution in [0.15, 0.2) is 35.3 Å². The molecule has 0 spiro atoms. The molecule has 3 rings (SSSR count). The molecule has 0 radical (unpaired) electrons. The smallest absolute Gasteiger partial charge is 0.211 e. The molecule has 0 aromatic heterocycles. The van der Waals surface area contributed by atoms with Gasteiger partial charge in [-0.15, -0.1) is 24.0 Å². The van der Waals surface area contributed by atoms with Crippen LogP contribution in [-0.2, 0) is 10.0 Å². The van der Waals surface area contributed by atoms with Crippen LogP contribution in [0, 0.1) is 5.92 Å². The molecule has 0 bridgehead atoms. The van der Waals surface area contributed by atoms with Gasteiger partial charge in [-0.3, -0.25) is 9.89 Å². The van der Waals surface area contributed by atoms with E-state index in [4.69, 9.17) is 4.99 Å². The van der Waals surface area contributed by atoms with Crippen molar-refractivity contribution in [3.63, 3.8) is 0 Å². The second kappa shape index (κ2) is 13.1. The molecule has 1 aromatic rings. The molecule has 1 atom stereocenters. The third-order valence-corrected chi connectivity index (χ3v) is 7.90. The van der Waals surface area contributed by atoms with E-state index < -0.39 is 10.0 Å². The molecular formula is C23H40IN5O2S. The average Bonchev–Trinajstić information content (AvgIpc) is 2.78. The highest BCUT2D eigenvalue weighted by molar-refractivity contribution is 14.0. The highest BCUT2D eigenvalue weighted by Gasteiger charge is 2.26. The van der Waals surface area contributed by atoms with Gasteiger partial charge in [-0.05, 0) is 51.0 Å². The zero-order valence-corrected chi connectivity index (χ0v) is 22.8. The molecule has 1 aromatic carbocycles. The van der Waals surface area contributed by atoms with Gasteiger partial charge in [-0.1, -0.05) is 30.3 Å². The number of hydrogen-bond acceptors (Lipinski definition) is 4. The summed E-state index contributed by atoms with van der Waals surface area (Å²) in [5.74, 6) is 1.34. The molecule has 32 heavy (non-hydrogen) atoms. The fourth-order valence-corrected chi connectivity index (χ4v) is 5.40. The Kier molecular flexibility index (Phi) is 11.2. The molecule has 2 aliphatic heterocycles. The number of rotatable bonds is 7. The van der Waals surface area contributed by atoms with Crippen LogP contribution in [0.3, 0.4) is 0 Å². The Labute approximate surface area is 211 Å². The lowest BCUT2D eigenvalue weighted by molar-refractivity contribution is 0.158. The quantitative estimate of drug-likeness (QED) is 0.296. The van der Waals surface area contributed by atoms with Crippen LogP contribution in [0.4, 0.5) is 0 Å². The second-order valence-corrected chi connectivity index (χ2v) is 10.8. The number of benzene rings is 1. The standard InChI is InChI=1S/C23H39N5O2S.HI/c1-4-24-23(25-18-20-10-16-28(17-11-20)31(3,29)30)26-22-12-14-27(15-13-22)19(2)21-8-6-5-7-9-21;/h5-9,19-20,22H,4,10-18H2,1-3H3,(H2,24,25,26);1H. The first-order valence-corrected chi connectivity index (χ1v) is 13.5.